The van der Waals surface area contributed by atoms with Gasteiger partial charge in [0.1, 0.15) is 0 Å². The zero-order valence-corrected chi connectivity index (χ0v) is 12.1. The van der Waals surface area contributed by atoms with Gasteiger partial charge in [-0.05, 0) is 25.5 Å². The first kappa shape index (κ1) is 14.7. The van der Waals surface area contributed by atoms with E-state index in [0.717, 1.165) is 31.4 Å². The summed E-state index contributed by atoms with van der Waals surface area (Å²) in [4.78, 5) is 12.1. The molecule has 110 valence electrons. The Bertz CT molecular complexity index is 456. The van der Waals surface area contributed by atoms with E-state index in [9.17, 15) is 4.79 Å². The number of amides is 1. The Balaban J connectivity index is 1.98. The second kappa shape index (κ2) is 7.14. The minimum absolute atomic E-state index is 0.0505. The predicted molar refractivity (Wildman–Crippen MR) is 77.0 cm³/mol. The van der Waals surface area contributed by atoms with Crippen molar-refractivity contribution in [2.75, 3.05) is 20.8 Å². The fourth-order valence-corrected chi connectivity index (χ4v) is 2.47. The van der Waals surface area contributed by atoms with E-state index in [2.05, 4.69) is 10.6 Å². The van der Waals surface area contributed by atoms with Gasteiger partial charge in [0.05, 0.1) is 20.3 Å². The molecule has 20 heavy (non-hydrogen) atoms. The molecule has 1 aliphatic rings. The van der Waals surface area contributed by atoms with Crippen molar-refractivity contribution in [2.24, 2.45) is 0 Å². The summed E-state index contributed by atoms with van der Waals surface area (Å²) in [7, 11) is 3.21. The van der Waals surface area contributed by atoms with E-state index >= 15 is 0 Å². The van der Waals surface area contributed by atoms with Crippen LogP contribution in [0.4, 0.5) is 0 Å². The normalized spacial score (nSPS) is 18.4. The summed E-state index contributed by atoms with van der Waals surface area (Å²) in [6.45, 7) is 1.36. The van der Waals surface area contributed by atoms with Crippen molar-refractivity contribution in [2.45, 2.75) is 31.8 Å². The molecule has 1 aliphatic heterocycles. The molecule has 2 rings (SSSR count). The van der Waals surface area contributed by atoms with Gasteiger partial charge in [-0.25, -0.2) is 0 Å². The van der Waals surface area contributed by atoms with Crippen LogP contribution in [0.25, 0.3) is 0 Å². The number of nitrogens with one attached hydrogen (secondary N) is 2. The quantitative estimate of drug-likeness (QED) is 0.856. The average molecular weight is 278 g/mol. The SMILES string of the molecule is COc1cccc(CNC(=O)C2CCCCN2)c1OC. The molecule has 0 aliphatic carbocycles. The van der Waals surface area contributed by atoms with Crippen molar-refractivity contribution in [3.05, 3.63) is 23.8 Å². The van der Waals surface area contributed by atoms with Crippen LogP contribution in [0, 0.1) is 0 Å². The molecule has 1 fully saturated rings. The Hall–Kier alpha value is -1.75. The first-order valence-corrected chi connectivity index (χ1v) is 6.97. The zero-order chi connectivity index (χ0) is 14.4. The zero-order valence-electron chi connectivity index (χ0n) is 12.1. The lowest BCUT2D eigenvalue weighted by atomic mass is 10.0. The summed E-state index contributed by atoms with van der Waals surface area (Å²) in [5.41, 5.74) is 0.913. The Morgan fingerprint density at radius 1 is 1.35 bits per heavy atom. The van der Waals surface area contributed by atoms with Crippen molar-refractivity contribution in [3.63, 3.8) is 0 Å². The Morgan fingerprint density at radius 2 is 2.20 bits per heavy atom. The molecule has 0 bridgehead atoms. The molecule has 1 amide bonds. The van der Waals surface area contributed by atoms with Crippen LogP contribution in [0.15, 0.2) is 18.2 Å². The highest BCUT2D eigenvalue weighted by Crippen LogP contribution is 2.30. The fourth-order valence-electron chi connectivity index (χ4n) is 2.47. The van der Waals surface area contributed by atoms with E-state index < -0.39 is 0 Å². The molecule has 1 aromatic carbocycles. The van der Waals surface area contributed by atoms with Gasteiger partial charge in [0.2, 0.25) is 5.91 Å². The van der Waals surface area contributed by atoms with Crippen LogP contribution in [-0.4, -0.2) is 32.7 Å². The Morgan fingerprint density at radius 3 is 2.85 bits per heavy atom. The number of hydrogen-bond donors (Lipinski definition) is 2. The van der Waals surface area contributed by atoms with Crippen LogP contribution in [-0.2, 0) is 11.3 Å². The third kappa shape index (κ3) is 3.42. The maximum atomic E-state index is 12.1. The van der Waals surface area contributed by atoms with Crippen molar-refractivity contribution in [1.29, 1.82) is 0 Å². The van der Waals surface area contributed by atoms with Gasteiger partial charge in [-0.15, -0.1) is 0 Å². The van der Waals surface area contributed by atoms with Crippen molar-refractivity contribution in [3.8, 4) is 11.5 Å². The fraction of sp³-hybridized carbons (Fsp3) is 0.533. The minimum Gasteiger partial charge on any atom is -0.493 e. The lowest BCUT2D eigenvalue weighted by Gasteiger charge is -2.22. The summed E-state index contributed by atoms with van der Waals surface area (Å²) in [6.07, 6.45) is 3.15. The molecule has 0 radical (unpaired) electrons. The maximum Gasteiger partial charge on any atom is 0.237 e. The summed E-state index contributed by atoms with van der Waals surface area (Å²) < 4.78 is 10.6. The molecule has 1 unspecified atom stereocenters. The van der Waals surface area contributed by atoms with Crippen molar-refractivity contribution in [1.82, 2.24) is 10.6 Å². The Labute approximate surface area is 119 Å². The third-order valence-electron chi connectivity index (χ3n) is 3.56. The summed E-state index contributed by atoms with van der Waals surface area (Å²) in [5, 5.41) is 6.20. The first-order valence-electron chi connectivity index (χ1n) is 6.97. The van der Waals surface area contributed by atoms with E-state index in [-0.39, 0.29) is 11.9 Å². The molecule has 1 heterocycles. The lowest BCUT2D eigenvalue weighted by molar-refractivity contribution is -0.123. The second-order valence-electron chi connectivity index (χ2n) is 4.87. The Kier molecular flexibility index (Phi) is 5.24. The second-order valence-corrected chi connectivity index (χ2v) is 4.87. The number of carbonyl (C=O) groups is 1. The number of para-hydroxylation sites is 1. The van der Waals surface area contributed by atoms with Gasteiger partial charge < -0.3 is 20.1 Å². The van der Waals surface area contributed by atoms with Gasteiger partial charge in [-0.1, -0.05) is 18.6 Å². The maximum absolute atomic E-state index is 12.1. The van der Waals surface area contributed by atoms with Gasteiger partial charge in [0, 0.05) is 12.1 Å². The van der Waals surface area contributed by atoms with Crippen LogP contribution >= 0.6 is 0 Å². The highest BCUT2D eigenvalue weighted by molar-refractivity contribution is 5.81. The highest BCUT2D eigenvalue weighted by atomic mass is 16.5. The molecule has 1 saturated heterocycles. The van der Waals surface area contributed by atoms with Gasteiger partial charge in [0.25, 0.3) is 0 Å². The number of rotatable bonds is 5. The largest absolute Gasteiger partial charge is 0.493 e. The number of hydrogen-bond acceptors (Lipinski definition) is 4. The number of benzene rings is 1. The van der Waals surface area contributed by atoms with Gasteiger partial charge in [-0.2, -0.15) is 0 Å². The molecule has 0 saturated carbocycles. The van der Waals surface area contributed by atoms with E-state index in [1.807, 2.05) is 18.2 Å². The standard InChI is InChI=1S/C15H22N2O3/c1-19-13-8-5-6-11(14(13)20-2)10-17-15(18)12-7-3-4-9-16-12/h5-6,8,12,16H,3-4,7,9-10H2,1-2H3,(H,17,18). The molecule has 0 spiro atoms. The number of piperidine rings is 1. The molecule has 2 N–H and O–H groups in total. The third-order valence-corrected chi connectivity index (χ3v) is 3.56. The van der Waals surface area contributed by atoms with Crippen molar-refractivity contribution >= 4 is 5.91 Å². The number of carbonyl (C=O) groups excluding carboxylic acids is 1. The molecular formula is C15H22N2O3. The van der Waals surface area contributed by atoms with E-state index in [1.54, 1.807) is 14.2 Å². The molecule has 0 aromatic heterocycles. The van der Waals surface area contributed by atoms with Crippen LogP contribution in [0.3, 0.4) is 0 Å². The minimum atomic E-state index is -0.0691. The topological polar surface area (TPSA) is 59.6 Å². The monoisotopic (exact) mass is 278 g/mol. The molecule has 5 heteroatoms. The van der Waals surface area contributed by atoms with E-state index in [1.165, 1.54) is 0 Å². The first-order chi connectivity index (χ1) is 9.76. The van der Waals surface area contributed by atoms with Crippen LogP contribution in [0.2, 0.25) is 0 Å². The summed E-state index contributed by atoms with van der Waals surface area (Å²) >= 11 is 0. The summed E-state index contributed by atoms with van der Waals surface area (Å²) in [5.74, 6) is 1.40. The number of methoxy groups -OCH3 is 2. The van der Waals surface area contributed by atoms with Crippen molar-refractivity contribution < 1.29 is 14.3 Å². The lowest BCUT2D eigenvalue weighted by Crippen LogP contribution is -2.46. The van der Waals surface area contributed by atoms with E-state index in [0.29, 0.717) is 18.0 Å². The van der Waals surface area contributed by atoms with Gasteiger partial charge in [0.15, 0.2) is 11.5 Å². The average Bonchev–Trinajstić information content (AvgIpc) is 2.52. The molecule has 5 nitrogen and oxygen atoms in total. The highest BCUT2D eigenvalue weighted by Gasteiger charge is 2.20. The predicted octanol–water partition coefficient (Wildman–Crippen LogP) is 1.46. The molecular weight excluding hydrogens is 256 g/mol. The van der Waals surface area contributed by atoms with Gasteiger partial charge >= 0.3 is 0 Å². The molecule has 1 aromatic rings. The van der Waals surface area contributed by atoms with Crippen LogP contribution in [0.5, 0.6) is 11.5 Å². The number of ether oxygens (including phenoxy) is 2. The van der Waals surface area contributed by atoms with Crippen LogP contribution in [0.1, 0.15) is 24.8 Å². The van der Waals surface area contributed by atoms with E-state index in [4.69, 9.17) is 9.47 Å². The molecule has 1 atom stereocenters. The smallest absolute Gasteiger partial charge is 0.237 e. The van der Waals surface area contributed by atoms with Crippen LogP contribution < -0.4 is 20.1 Å². The summed E-state index contributed by atoms with van der Waals surface area (Å²) in [6, 6.07) is 5.59. The van der Waals surface area contributed by atoms with Gasteiger partial charge in [-0.3, -0.25) is 4.79 Å².